The second-order valence-electron chi connectivity index (χ2n) is 6.01. The lowest BCUT2D eigenvalue weighted by Gasteiger charge is -2.43. The molecule has 22 heavy (non-hydrogen) atoms. The number of Topliss-reactive ketones (excluding diaryl/α,β-unsaturated/α-hetero) is 1. The summed E-state index contributed by atoms with van der Waals surface area (Å²) in [5.74, 6) is 0.679. The fraction of sp³-hybridized carbons (Fsp3) is 0.533. The van der Waals surface area contributed by atoms with Crippen LogP contribution in [0.25, 0.3) is 0 Å². The van der Waals surface area contributed by atoms with Crippen LogP contribution in [0, 0.1) is 0 Å². The Balaban J connectivity index is 1.83. The van der Waals surface area contributed by atoms with Crippen LogP contribution < -0.4 is 9.88 Å². The number of benzene rings is 1. The van der Waals surface area contributed by atoms with E-state index in [0.717, 1.165) is 12.0 Å². The number of aryl methyl sites for hydroxylation is 1. The second kappa shape index (κ2) is 5.33. The lowest BCUT2D eigenvalue weighted by Crippen LogP contribution is -2.53. The minimum absolute atomic E-state index is 0.0700. The SMILES string of the molecule is CCc1ccc2c(c1)C(=O)CC1(CCN(S(N)(=O)=O)CC1)O2. The van der Waals surface area contributed by atoms with Gasteiger partial charge in [0.05, 0.1) is 12.0 Å². The Morgan fingerprint density at radius 3 is 2.59 bits per heavy atom. The summed E-state index contributed by atoms with van der Waals surface area (Å²) in [6, 6.07) is 5.70. The van der Waals surface area contributed by atoms with Crippen molar-refractivity contribution in [2.24, 2.45) is 5.14 Å². The molecule has 0 aromatic heterocycles. The highest BCUT2D eigenvalue weighted by Crippen LogP contribution is 2.39. The fourth-order valence-corrected chi connectivity index (χ4v) is 3.88. The molecule has 1 aromatic carbocycles. The third kappa shape index (κ3) is 2.76. The number of hydrogen-bond acceptors (Lipinski definition) is 4. The van der Waals surface area contributed by atoms with Crippen LogP contribution in [0.5, 0.6) is 5.75 Å². The number of ether oxygens (including phenoxy) is 1. The first kappa shape index (κ1) is 15.5. The minimum atomic E-state index is -3.67. The number of carbonyl (C=O) groups is 1. The molecule has 7 heteroatoms. The summed E-state index contributed by atoms with van der Waals surface area (Å²) in [4.78, 5) is 12.5. The first-order valence-electron chi connectivity index (χ1n) is 7.46. The summed E-state index contributed by atoms with van der Waals surface area (Å²) >= 11 is 0. The zero-order valence-corrected chi connectivity index (χ0v) is 13.4. The van der Waals surface area contributed by atoms with Gasteiger partial charge in [-0.15, -0.1) is 0 Å². The van der Waals surface area contributed by atoms with Crippen molar-refractivity contribution in [3.63, 3.8) is 0 Å². The third-order valence-electron chi connectivity index (χ3n) is 4.56. The van der Waals surface area contributed by atoms with Crippen molar-refractivity contribution in [1.29, 1.82) is 0 Å². The van der Waals surface area contributed by atoms with E-state index in [1.165, 1.54) is 4.31 Å². The molecule has 3 rings (SSSR count). The molecule has 0 amide bonds. The molecule has 2 aliphatic heterocycles. The second-order valence-corrected chi connectivity index (χ2v) is 7.56. The summed E-state index contributed by atoms with van der Waals surface area (Å²) in [6.45, 7) is 2.61. The largest absolute Gasteiger partial charge is 0.486 e. The van der Waals surface area contributed by atoms with Gasteiger partial charge in [-0.25, -0.2) is 5.14 Å². The van der Waals surface area contributed by atoms with E-state index in [1.54, 1.807) is 0 Å². The molecule has 2 heterocycles. The number of ketones is 1. The Labute approximate surface area is 130 Å². The molecule has 0 saturated carbocycles. The maximum atomic E-state index is 12.5. The summed E-state index contributed by atoms with van der Waals surface area (Å²) in [6.07, 6.45) is 2.12. The topological polar surface area (TPSA) is 89.7 Å². The molecule has 6 nitrogen and oxygen atoms in total. The molecule has 2 aliphatic rings. The highest BCUT2D eigenvalue weighted by Gasteiger charge is 2.44. The van der Waals surface area contributed by atoms with Crippen LogP contribution in [0.1, 0.15) is 42.1 Å². The molecule has 2 N–H and O–H groups in total. The lowest BCUT2D eigenvalue weighted by atomic mass is 9.82. The molecule has 120 valence electrons. The Kier molecular flexibility index (Phi) is 3.74. The van der Waals surface area contributed by atoms with E-state index in [1.807, 2.05) is 25.1 Å². The van der Waals surface area contributed by atoms with Gasteiger partial charge in [0.2, 0.25) is 0 Å². The quantitative estimate of drug-likeness (QED) is 0.886. The Hall–Kier alpha value is -1.44. The molecule has 0 radical (unpaired) electrons. The van der Waals surface area contributed by atoms with Crippen LogP contribution >= 0.6 is 0 Å². The van der Waals surface area contributed by atoms with Gasteiger partial charge >= 0.3 is 0 Å². The first-order valence-corrected chi connectivity index (χ1v) is 8.96. The maximum Gasteiger partial charge on any atom is 0.276 e. The number of carbonyl (C=O) groups excluding carboxylic acids is 1. The zero-order valence-electron chi connectivity index (χ0n) is 12.5. The molecular weight excluding hydrogens is 304 g/mol. The van der Waals surface area contributed by atoms with Crippen molar-refractivity contribution in [2.45, 2.75) is 38.2 Å². The molecule has 0 aliphatic carbocycles. The Morgan fingerprint density at radius 2 is 2.00 bits per heavy atom. The third-order valence-corrected chi connectivity index (χ3v) is 5.64. The maximum absolute atomic E-state index is 12.5. The Morgan fingerprint density at radius 1 is 1.32 bits per heavy atom. The van der Waals surface area contributed by atoms with E-state index in [2.05, 4.69) is 0 Å². The molecule has 0 unspecified atom stereocenters. The van der Waals surface area contributed by atoms with Crippen molar-refractivity contribution in [3.8, 4) is 5.75 Å². The van der Waals surface area contributed by atoms with Gasteiger partial charge in [-0.1, -0.05) is 13.0 Å². The number of nitrogens with two attached hydrogens (primary N) is 1. The van der Waals surface area contributed by atoms with Gasteiger partial charge in [-0.3, -0.25) is 4.79 Å². The fourth-order valence-electron chi connectivity index (χ4n) is 3.19. The number of rotatable bonds is 2. The average molecular weight is 324 g/mol. The lowest BCUT2D eigenvalue weighted by molar-refractivity contribution is 0.00590. The summed E-state index contributed by atoms with van der Waals surface area (Å²) in [7, 11) is -3.67. The van der Waals surface area contributed by atoms with Crippen LogP contribution in [-0.2, 0) is 16.6 Å². The van der Waals surface area contributed by atoms with Crippen LogP contribution in [0.3, 0.4) is 0 Å². The van der Waals surface area contributed by atoms with Crippen LogP contribution in [0.15, 0.2) is 18.2 Å². The van der Waals surface area contributed by atoms with Gasteiger partial charge in [-0.05, 0) is 24.1 Å². The van der Waals surface area contributed by atoms with E-state index in [0.29, 0.717) is 30.6 Å². The van der Waals surface area contributed by atoms with E-state index in [-0.39, 0.29) is 18.9 Å². The normalized spacial score (nSPS) is 21.5. The van der Waals surface area contributed by atoms with Gasteiger partial charge in [-0.2, -0.15) is 12.7 Å². The van der Waals surface area contributed by atoms with E-state index < -0.39 is 15.8 Å². The predicted molar refractivity (Wildman–Crippen MR) is 82.0 cm³/mol. The van der Waals surface area contributed by atoms with Crippen molar-refractivity contribution in [3.05, 3.63) is 29.3 Å². The summed E-state index contributed by atoms with van der Waals surface area (Å²) < 4.78 is 30.1. The first-order chi connectivity index (χ1) is 10.3. The predicted octanol–water partition coefficient (Wildman–Crippen LogP) is 1.25. The van der Waals surface area contributed by atoms with E-state index in [4.69, 9.17) is 9.88 Å². The van der Waals surface area contributed by atoms with Crippen molar-refractivity contribution < 1.29 is 17.9 Å². The van der Waals surface area contributed by atoms with Crippen molar-refractivity contribution in [2.75, 3.05) is 13.1 Å². The summed E-state index contributed by atoms with van der Waals surface area (Å²) in [5, 5.41) is 5.15. The molecular formula is C15H20N2O4S. The zero-order chi connectivity index (χ0) is 16.0. The molecule has 0 atom stereocenters. The van der Waals surface area contributed by atoms with Gasteiger partial charge < -0.3 is 4.74 Å². The molecule has 1 saturated heterocycles. The molecule has 0 bridgehead atoms. The standard InChI is InChI=1S/C15H20N2O4S/c1-2-11-3-4-14-12(9-11)13(18)10-15(21-14)5-7-17(8-6-15)22(16,19)20/h3-4,9H,2,5-8,10H2,1H3,(H2,16,19,20). The number of fused-ring (bicyclic) bond motifs is 1. The average Bonchev–Trinajstić information content (AvgIpc) is 2.46. The van der Waals surface area contributed by atoms with E-state index >= 15 is 0 Å². The number of hydrogen-bond donors (Lipinski definition) is 1. The van der Waals surface area contributed by atoms with Gasteiger partial charge in [0, 0.05) is 25.9 Å². The van der Waals surface area contributed by atoms with Gasteiger partial charge in [0.15, 0.2) is 5.78 Å². The van der Waals surface area contributed by atoms with Crippen molar-refractivity contribution >= 4 is 16.0 Å². The Bertz CT molecular complexity index is 706. The van der Waals surface area contributed by atoms with Gasteiger partial charge in [0.1, 0.15) is 11.4 Å². The molecule has 1 aromatic rings. The van der Waals surface area contributed by atoms with Crippen LogP contribution in [-0.4, -0.2) is 37.2 Å². The number of piperidine rings is 1. The highest BCUT2D eigenvalue weighted by molar-refractivity contribution is 7.86. The van der Waals surface area contributed by atoms with Crippen LogP contribution in [0.4, 0.5) is 0 Å². The smallest absolute Gasteiger partial charge is 0.276 e. The highest BCUT2D eigenvalue weighted by atomic mass is 32.2. The van der Waals surface area contributed by atoms with Crippen molar-refractivity contribution in [1.82, 2.24) is 4.31 Å². The molecule has 1 spiro atoms. The number of nitrogens with zero attached hydrogens (tertiary/aromatic N) is 1. The molecule has 1 fully saturated rings. The van der Waals surface area contributed by atoms with Crippen LogP contribution in [0.2, 0.25) is 0 Å². The van der Waals surface area contributed by atoms with E-state index in [9.17, 15) is 13.2 Å². The summed E-state index contributed by atoms with van der Waals surface area (Å²) in [5.41, 5.74) is 1.15. The monoisotopic (exact) mass is 324 g/mol. The van der Waals surface area contributed by atoms with Gasteiger partial charge in [0.25, 0.3) is 10.2 Å². The minimum Gasteiger partial charge on any atom is -0.486 e.